The van der Waals surface area contributed by atoms with Crippen molar-refractivity contribution in [2.75, 3.05) is 19.8 Å². The summed E-state index contributed by atoms with van der Waals surface area (Å²) >= 11 is 0. The van der Waals surface area contributed by atoms with E-state index in [4.69, 9.17) is 25.7 Å². The molecule has 4 aromatic rings. The lowest BCUT2D eigenvalue weighted by Crippen LogP contribution is -2.32. The van der Waals surface area contributed by atoms with Gasteiger partial charge in [0.15, 0.2) is 5.76 Å². The molecule has 0 saturated carbocycles. The molecule has 10 nitrogen and oxygen atoms in total. The summed E-state index contributed by atoms with van der Waals surface area (Å²) in [5.74, 6) is -2.32. The van der Waals surface area contributed by atoms with Crippen molar-refractivity contribution < 1.29 is 37.0 Å². The van der Waals surface area contributed by atoms with E-state index < -0.39 is 36.1 Å². The van der Waals surface area contributed by atoms with Gasteiger partial charge in [0.05, 0.1) is 5.69 Å². The molecule has 4 rings (SSSR count). The van der Waals surface area contributed by atoms with Crippen LogP contribution in [0.4, 0.5) is 19.1 Å². The van der Waals surface area contributed by atoms with E-state index in [1.165, 1.54) is 61.5 Å². The summed E-state index contributed by atoms with van der Waals surface area (Å²) in [5.41, 5.74) is 12.5. The predicted octanol–water partition coefficient (Wildman–Crippen LogP) is 4.32. The number of anilines is 1. The van der Waals surface area contributed by atoms with Crippen molar-refractivity contribution in [3.8, 4) is 28.5 Å². The first-order chi connectivity index (χ1) is 19.3. The van der Waals surface area contributed by atoms with Crippen LogP contribution in [0.25, 0.3) is 22.6 Å². The third-order valence-electron chi connectivity index (χ3n) is 6.01. The number of carboxylic acid groups (broad SMARTS) is 1. The van der Waals surface area contributed by atoms with Gasteiger partial charge in [0, 0.05) is 36.9 Å². The number of carbonyl (C=O) groups excluding carboxylic acids is 1. The van der Waals surface area contributed by atoms with E-state index >= 15 is 0 Å². The maximum absolute atomic E-state index is 14.4. The minimum atomic E-state index is -4.88. The lowest BCUT2D eigenvalue weighted by molar-refractivity contribution is -0.198. The van der Waals surface area contributed by atoms with E-state index in [9.17, 15) is 22.8 Å². The van der Waals surface area contributed by atoms with Gasteiger partial charge in [-0.1, -0.05) is 48.5 Å². The molecule has 2 heterocycles. The molecule has 5 N–H and O–H groups in total. The monoisotopic (exact) mass is 569 g/mol. The lowest BCUT2D eigenvalue weighted by atomic mass is 10.00. The summed E-state index contributed by atoms with van der Waals surface area (Å²) in [4.78, 5) is 32.5. The summed E-state index contributed by atoms with van der Waals surface area (Å²) in [7, 11) is 3.05. The molecule has 0 spiro atoms. The zero-order valence-electron chi connectivity index (χ0n) is 21.9. The second-order valence-corrected chi connectivity index (χ2v) is 9.29. The number of alkyl halides is 3. The number of nitrogen functional groups attached to an aromatic ring is 1. The standard InChI is InChI=1S/C28H26F3N5O5/c1-36(2)25(37)22-12-11-21(40-22)17-5-3-4-6-18(17)24(28(29,30)31)41-23-14-20(34-27(33)35-23)16-9-7-15(8-10-16)13-19(32)26(38)39/h3-12,14,19,24H,13,32H2,1-2H3,(H,38,39)(H2,33,34,35)/t19-,24?/m0/s1. The van der Waals surface area contributed by atoms with Crippen LogP contribution in [0.2, 0.25) is 0 Å². The molecule has 13 heteroatoms. The minimum Gasteiger partial charge on any atom is -0.480 e. The van der Waals surface area contributed by atoms with Crippen molar-refractivity contribution in [2.45, 2.75) is 24.7 Å². The Morgan fingerprint density at radius 2 is 1.73 bits per heavy atom. The minimum absolute atomic E-state index is 0.0338. The average Bonchev–Trinajstić information content (AvgIpc) is 3.41. The number of carbonyl (C=O) groups is 2. The van der Waals surface area contributed by atoms with Crippen LogP contribution in [0, 0.1) is 0 Å². The van der Waals surface area contributed by atoms with Crippen LogP contribution in [0.3, 0.4) is 0 Å². The molecule has 0 bridgehead atoms. The Kier molecular flexibility index (Phi) is 8.28. The molecule has 1 amide bonds. The third-order valence-corrected chi connectivity index (χ3v) is 6.01. The summed E-state index contributed by atoms with van der Waals surface area (Å²) in [6.07, 6.45) is -7.27. The maximum Gasteiger partial charge on any atom is 0.429 e. The van der Waals surface area contributed by atoms with Gasteiger partial charge in [0.25, 0.3) is 5.91 Å². The summed E-state index contributed by atoms with van der Waals surface area (Å²) in [6.45, 7) is 0. The fourth-order valence-electron chi connectivity index (χ4n) is 4.00. The van der Waals surface area contributed by atoms with Gasteiger partial charge in [-0.25, -0.2) is 4.98 Å². The molecule has 0 radical (unpaired) electrons. The SMILES string of the molecule is CN(C)C(=O)c1ccc(-c2ccccc2C(Oc2cc(-c3ccc(C[C@H](N)C(=O)O)cc3)nc(N)n2)C(F)(F)F)o1. The Morgan fingerprint density at radius 1 is 1.05 bits per heavy atom. The molecule has 0 fully saturated rings. The number of hydrogen-bond donors (Lipinski definition) is 3. The van der Waals surface area contributed by atoms with Gasteiger partial charge in [-0.05, 0) is 24.1 Å². The number of hydrogen-bond acceptors (Lipinski definition) is 8. The molecule has 214 valence electrons. The predicted molar refractivity (Wildman–Crippen MR) is 143 cm³/mol. The Hall–Kier alpha value is -4.91. The average molecular weight is 570 g/mol. The summed E-state index contributed by atoms with van der Waals surface area (Å²) in [5, 5.41) is 9.00. The Labute approximate surface area is 232 Å². The molecule has 0 aliphatic heterocycles. The Balaban J connectivity index is 1.67. The summed E-state index contributed by atoms with van der Waals surface area (Å²) in [6, 6.07) is 15.0. The van der Waals surface area contributed by atoms with Crippen LogP contribution in [0.5, 0.6) is 5.88 Å². The van der Waals surface area contributed by atoms with Gasteiger partial charge < -0.3 is 30.6 Å². The van der Waals surface area contributed by atoms with E-state index in [0.717, 1.165) is 0 Å². The highest BCUT2D eigenvalue weighted by molar-refractivity contribution is 5.91. The number of nitrogens with zero attached hydrogens (tertiary/aromatic N) is 3. The fraction of sp³-hybridized carbons (Fsp3) is 0.214. The number of aromatic nitrogens is 2. The molecular formula is C28H26F3N5O5. The first kappa shape index (κ1) is 29.1. The maximum atomic E-state index is 14.4. The number of rotatable bonds is 9. The second kappa shape index (κ2) is 11.7. The molecule has 41 heavy (non-hydrogen) atoms. The molecule has 1 unspecified atom stereocenters. The number of halogens is 3. The van der Waals surface area contributed by atoms with Crippen molar-refractivity contribution in [2.24, 2.45) is 5.73 Å². The van der Waals surface area contributed by atoms with E-state index in [1.54, 1.807) is 24.3 Å². The smallest absolute Gasteiger partial charge is 0.429 e. The number of amides is 1. The van der Waals surface area contributed by atoms with Gasteiger partial charge in [-0.15, -0.1) is 0 Å². The van der Waals surface area contributed by atoms with Gasteiger partial charge in [-0.2, -0.15) is 18.2 Å². The van der Waals surface area contributed by atoms with E-state index in [2.05, 4.69) is 9.97 Å². The largest absolute Gasteiger partial charge is 0.480 e. The first-order valence-corrected chi connectivity index (χ1v) is 12.2. The number of nitrogens with two attached hydrogens (primary N) is 2. The van der Waals surface area contributed by atoms with E-state index in [0.29, 0.717) is 11.1 Å². The topological polar surface area (TPSA) is 158 Å². The highest BCUT2D eigenvalue weighted by atomic mass is 19.4. The van der Waals surface area contributed by atoms with Crippen molar-refractivity contribution in [1.82, 2.24) is 14.9 Å². The van der Waals surface area contributed by atoms with Crippen LogP contribution in [-0.2, 0) is 11.2 Å². The molecular weight excluding hydrogens is 543 g/mol. The normalized spacial score (nSPS) is 12.9. The highest BCUT2D eigenvalue weighted by Crippen LogP contribution is 2.41. The molecule has 2 aromatic carbocycles. The second-order valence-electron chi connectivity index (χ2n) is 9.29. The molecule has 0 aliphatic carbocycles. The zero-order valence-corrected chi connectivity index (χ0v) is 21.9. The van der Waals surface area contributed by atoms with Crippen LogP contribution in [0.15, 0.2) is 71.1 Å². The lowest BCUT2D eigenvalue weighted by Gasteiger charge is -2.23. The van der Waals surface area contributed by atoms with Crippen molar-refractivity contribution in [1.29, 1.82) is 0 Å². The van der Waals surface area contributed by atoms with Crippen LogP contribution in [-0.4, -0.2) is 58.2 Å². The van der Waals surface area contributed by atoms with Gasteiger partial charge in [0.2, 0.25) is 17.9 Å². The van der Waals surface area contributed by atoms with Crippen LogP contribution >= 0.6 is 0 Å². The first-order valence-electron chi connectivity index (χ1n) is 12.2. The van der Waals surface area contributed by atoms with Crippen molar-refractivity contribution in [3.05, 3.63) is 83.6 Å². The van der Waals surface area contributed by atoms with E-state index in [1.807, 2.05) is 0 Å². The zero-order chi connectivity index (χ0) is 29.9. The fourth-order valence-corrected chi connectivity index (χ4v) is 4.00. The van der Waals surface area contributed by atoms with Gasteiger partial charge in [-0.3, -0.25) is 9.59 Å². The van der Waals surface area contributed by atoms with Crippen molar-refractivity contribution in [3.63, 3.8) is 0 Å². The number of ether oxygens (including phenoxy) is 1. The summed E-state index contributed by atoms with van der Waals surface area (Å²) < 4.78 is 54.2. The number of carboxylic acids is 1. The van der Waals surface area contributed by atoms with Crippen LogP contribution in [0.1, 0.15) is 27.8 Å². The van der Waals surface area contributed by atoms with Gasteiger partial charge in [0.1, 0.15) is 11.8 Å². The Bertz CT molecular complexity index is 1550. The number of furan rings is 1. The van der Waals surface area contributed by atoms with Crippen LogP contribution < -0.4 is 16.2 Å². The third kappa shape index (κ3) is 6.81. The van der Waals surface area contributed by atoms with Crippen molar-refractivity contribution >= 4 is 17.8 Å². The van der Waals surface area contributed by atoms with E-state index in [-0.39, 0.29) is 40.7 Å². The molecule has 0 saturated heterocycles. The highest BCUT2D eigenvalue weighted by Gasteiger charge is 2.45. The quantitative estimate of drug-likeness (QED) is 0.267. The molecule has 2 aromatic heterocycles. The number of benzene rings is 2. The molecule has 2 atom stereocenters. The Morgan fingerprint density at radius 3 is 2.37 bits per heavy atom. The van der Waals surface area contributed by atoms with Gasteiger partial charge >= 0.3 is 12.1 Å². The number of aliphatic carboxylic acids is 1. The molecule has 0 aliphatic rings.